The van der Waals surface area contributed by atoms with Crippen molar-refractivity contribution in [1.82, 2.24) is 5.32 Å². The number of aliphatic carboxylic acids is 1. The van der Waals surface area contributed by atoms with Crippen LogP contribution in [0.3, 0.4) is 0 Å². The minimum absolute atomic E-state index is 0.321. The van der Waals surface area contributed by atoms with Gasteiger partial charge in [-0.1, -0.05) is 12.1 Å². The molecule has 6 nitrogen and oxygen atoms in total. The smallest absolute Gasteiger partial charge is 0.341 e. The molecule has 0 saturated heterocycles. The Balaban J connectivity index is 2.70. The van der Waals surface area contributed by atoms with Crippen molar-refractivity contribution in [3.8, 4) is 5.75 Å². The minimum Gasteiger partial charge on any atom is -0.480 e. The van der Waals surface area contributed by atoms with Crippen molar-refractivity contribution in [2.75, 3.05) is 18.5 Å². The number of hydrogen-bond donors (Lipinski definition) is 3. The standard InChI is InChI=1S/C11H14N2O4/c1-2-12-11(16)13-8-5-3-4-6-9(8)17-7-10(14)15/h3-6H,2,7H2,1H3,(H,14,15)(H2,12,13,16). The number of rotatable bonds is 5. The van der Waals surface area contributed by atoms with Gasteiger partial charge in [0.15, 0.2) is 6.61 Å². The molecule has 0 heterocycles. The van der Waals surface area contributed by atoms with Crippen molar-refractivity contribution in [3.05, 3.63) is 24.3 Å². The lowest BCUT2D eigenvalue weighted by Crippen LogP contribution is -2.28. The van der Waals surface area contributed by atoms with Crippen LogP contribution in [-0.4, -0.2) is 30.3 Å². The van der Waals surface area contributed by atoms with Crippen molar-refractivity contribution in [2.45, 2.75) is 6.92 Å². The van der Waals surface area contributed by atoms with Crippen LogP contribution in [0.5, 0.6) is 5.75 Å². The number of hydrogen-bond acceptors (Lipinski definition) is 3. The van der Waals surface area contributed by atoms with Crippen LogP contribution in [0.15, 0.2) is 24.3 Å². The number of para-hydroxylation sites is 2. The summed E-state index contributed by atoms with van der Waals surface area (Å²) in [6, 6.07) is 6.27. The summed E-state index contributed by atoms with van der Waals surface area (Å²) in [4.78, 5) is 21.7. The van der Waals surface area contributed by atoms with E-state index in [0.717, 1.165) is 0 Å². The molecular formula is C11H14N2O4. The Labute approximate surface area is 98.6 Å². The summed E-state index contributed by atoms with van der Waals surface area (Å²) in [5.74, 6) is -0.751. The van der Waals surface area contributed by atoms with E-state index in [4.69, 9.17) is 9.84 Å². The van der Waals surface area contributed by atoms with E-state index < -0.39 is 12.6 Å². The molecule has 2 amide bonds. The third kappa shape index (κ3) is 4.42. The van der Waals surface area contributed by atoms with Crippen molar-refractivity contribution in [1.29, 1.82) is 0 Å². The van der Waals surface area contributed by atoms with Crippen molar-refractivity contribution < 1.29 is 19.4 Å². The predicted octanol–water partition coefficient (Wildman–Crippen LogP) is 1.29. The van der Waals surface area contributed by atoms with E-state index in [0.29, 0.717) is 18.0 Å². The second-order valence-corrected chi connectivity index (χ2v) is 3.16. The first kappa shape index (κ1) is 12.8. The average molecular weight is 238 g/mol. The van der Waals surface area contributed by atoms with Crippen LogP contribution in [0.1, 0.15) is 6.92 Å². The Kier molecular flexibility index (Phi) is 4.80. The van der Waals surface area contributed by atoms with Crippen molar-refractivity contribution in [2.24, 2.45) is 0 Å². The Morgan fingerprint density at radius 3 is 2.71 bits per heavy atom. The molecule has 0 aliphatic carbocycles. The number of ether oxygens (including phenoxy) is 1. The van der Waals surface area contributed by atoms with Gasteiger partial charge in [-0.3, -0.25) is 0 Å². The second kappa shape index (κ2) is 6.37. The van der Waals surface area contributed by atoms with Gasteiger partial charge in [-0.25, -0.2) is 9.59 Å². The minimum atomic E-state index is -1.07. The molecule has 92 valence electrons. The monoisotopic (exact) mass is 238 g/mol. The summed E-state index contributed by atoms with van der Waals surface area (Å²) < 4.78 is 5.04. The van der Waals surface area contributed by atoms with Crippen LogP contribution in [0, 0.1) is 0 Å². The zero-order chi connectivity index (χ0) is 12.7. The molecule has 0 unspecified atom stereocenters. The van der Waals surface area contributed by atoms with E-state index in [1.807, 2.05) is 0 Å². The normalized spacial score (nSPS) is 9.47. The van der Waals surface area contributed by atoms with Crippen molar-refractivity contribution in [3.63, 3.8) is 0 Å². The van der Waals surface area contributed by atoms with Gasteiger partial charge in [0.1, 0.15) is 5.75 Å². The Hall–Kier alpha value is -2.24. The maximum Gasteiger partial charge on any atom is 0.341 e. The molecule has 0 radical (unpaired) electrons. The van der Waals surface area contributed by atoms with E-state index in [-0.39, 0.29) is 6.03 Å². The van der Waals surface area contributed by atoms with Crippen LogP contribution < -0.4 is 15.4 Å². The molecule has 0 aliphatic heterocycles. The molecule has 6 heteroatoms. The Morgan fingerprint density at radius 2 is 2.06 bits per heavy atom. The summed E-state index contributed by atoms with van der Waals surface area (Å²) in [5, 5.41) is 13.6. The number of carbonyl (C=O) groups excluding carboxylic acids is 1. The second-order valence-electron chi connectivity index (χ2n) is 3.16. The van der Waals surface area contributed by atoms with E-state index in [1.54, 1.807) is 31.2 Å². The lowest BCUT2D eigenvalue weighted by Gasteiger charge is -2.11. The first-order valence-electron chi connectivity index (χ1n) is 5.12. The van der Waals surface area contributed by atoms with Crippen LogP contribution in [0.25, 0.3) is 0 Å². The highest BCUT2D eigenvalue weighted by Crippen LogP contribution is 2.23. The molecule has 0 bridgehead atoms. The fourth-order valence-corrected chi connectivity index (χ4v) is 1.16. The molecule has 0 atom stereocenters. The maximum absolute atomic E-state index is 11.3. The van der Waals surface area contributed by atoms with Gasteiger partial charge in [0.05, 0.1) is 5.69 Å². The lowest BCUT2D eigenvalue weighted by molar-refractivity contribution is -0.139. The maximum atomic E-state index is 11.3. The van der Waals surface area contributed by atoms with Gasteiger partial charge in [0.25, 0.3) is 0 Å². The highest BCUT2D eigenvalue weighted by atomic mass is 16.5. The average Bonchev–Trinajstić information content (AvgIpc) is 2.28. The van der Waals surface area contributed by atoms with Gasteiger partial charge in [0.2, 0.25) is 0 Å². The number of nitrogens with one attached hydrogen (secondary N) is 2. The molecule has 0 saturated carbocycles. The van der Waals surface area contributed by atoms with Gasteiger partial charge < -0.3 is 20.5 Å². The number of carboxylic acids is 1. The fourth-order valence-electron chi connectivity index (χ4n) is 1.16. The predicted molar refractivity (Wildman–Crippen MR) is 62.3 cm³/mol. The van der Waals surface area contributed by atoms with Gasteiger partial charge in [0, 0.05) is 6.54 Å². The van der Waals surface area contributed by atoms with E-state index in [2.05, 4.69) is 10.6 Å². The Bertz CT molecular complexity index is 406. The quantitative estimate of drug-likeness (QED) is 0.721. The van der Waals surface area contributed by atoms with Gasteiger partial charge in [-0.15, -0.1) is 0 Å². The highest BCUT2D eigenvalue weighted by Gasteiger charge is 2.07. The van der Waals surface area contributed by atoms with Crippen LogP contribution in [0.4, 0.5) is 10.5 Å². The highest BCUT2D eigenvalue weighted by molar-refractivity contribution is 5.90. The topological polar surface area (TPSA) is 87.7 Å². The van der Waals surface area contributed by atoms with E-state index in [9.17, 15) is 9.59 Å². The number of benzene rings is 1. The van der Waals surface area contributed by atoms with Crippen molar-refractivity contribution >= 4 is 17.7 Å². The lowest BCUT2D eigenvalue weighted by atomic mass is 10.3. The summed E-state index contributed by atoms with van der Waals surface area (Å²) in [5.41, 5.74) is 0.430. The number of amides is 2. The molecule has 3 N–H and O–H groups in total. The molecular weight excluding hydrogens is 224 g/mol. The van der Waals surface area contributed by atoms with Gasteiger partial charge >= 0.3 is 12.0 Å². The zero-order valence-electron chi connectivity index (χ0n) is 9.40. The summed E-state index contributed by atoms with van der Waals surface area (Å²) in [6.45, 7) is 1.85. The van der Waals surface area contributed by atoms with Crippen LogP contribution in [0.2, 0.25) is 0 Å². The molecule has 1 aromatic rings. The van der Waals surface area contributed by atoms with E-state index >= 15 is 0 Å². The third-order valence-electron chi connectivity index (χ3n) is 1.82. The SMILES string of the molecule is CCNC(=O)Nc1ccccc1OCC(=O)O. The first-order chi connectivity index (χ1) is 8.13. The molecule has 0 fully saturated rings. The van der Waals surface area contributed by atoms with Gasteiger partial charge in [-0.05, 0) is 19.1 Å². The van der Waals surface area contributed by atoms with Crippen LogP contribution >= 0.6 is 0 Å². The summed E-state index contributed by atoms with van der Waals surface area (Å²) in [7, 11) is 0. The van der Waals surface area contributed by atoms with Crippen LogP contribution in [-0.2, 0) is 4.79 Å². The summed E-state index contributed by atoms with van der Waals surface area (Å²) >= 11 is 0. The number of urea groups is 1. The molecule has 1 aromatic carbocycles. The third-order valence-corrected chi connectivity index (χ3v) is 1.82. The molecule has 0 aromatic heterocycles. The first-order valence-corrected chi connectivity index (χ1v) is 5.12. The molecule has 1 rings (SSSR count). The number of anilines is 1. The zero-order valence-corrected chi connectivity index (χ0v) is 9.40. The summed E-state index contributed by atoms with van der Waals surface area (Å²) in [6.07, 6.45) is 0. The largest absolute Gasteiger partial charge is 0.480 e. The fraction of sp³-hybridized carbons (Fsp3) is 0.273. The number of carbonyl (C=O) groups is 2. The molecule has 0 spiro atoms. The molecule has 17 heavy (non-hydrogen) atoms. The molecule has 0 aliphatic rings. The van der Waals surface area contributed by atoms with E-state index in [1.165, 1.54) is 0 Å². The Morgan fingerprint density at radius 1 is 1.35 bits per heavy atom. The van der Waals surface area contributed by atoms with Gasteiger partial charge in [-0.2, -0.15) is 0 Å². The number of carboxylic acid groups (broad SMARTS) is 1.